The molecule has 5 nitrogen and oxygen atoms in total. The maximum Gasteiger partial charge on any atom is 0.251 e. The number of hydrogen-bond acceptors (Lipinski definition) is 3. The number of aryl methyl sites for hydroxylation is 3. The van der Waals surface area contributed by atoms with Crippen molar-refractivity contribution in [1.29, 1.82) is 0 Å². The van der Waals surface area contributed by atoms with Crippen molar-refractivity contribution in [3.05, 3.63) is 95.1 Å². The van der Waals surface area contributed by atoms with E-state index in [0.717, 1.165) is 42.0 Å². The topological polar surface area (TPSA) is 56.1 Å². The molecule has 1 aromatic heterocycles. The molecule has 0 saturated carbocycles. The average Bonchev–Trinajstić information content (AvgIpc) is 3.19. The molecule has 0 unspecified atom stereocenters. The third-order valence-electron chi connectivity index (χ3n) is 6.00. The van der Waals surface area contributed by atoms with E-state index in [2.05, 4.69) is 41.9 Å². The summed E-state index contributed by atoms with van der Waals surface area (Å²) in [5.74, 6) is 1.28. The van der Waals surface area contributed by atoms with E-state index in [1.54, 1.807) is 0 Å². The Morgan fingerprint density at radius 3 is 2.59 bits per heavy atom. The highest BCUT2D eigenvalue weighted by Gasteiger charge is 2.11. The molecule has 4 rings (SSSR count). The summed E-state index contributed by atoms with van der Waals surface area (Å²) in [7, 11) is 0. The molecule has 0 radical (unpaired) electrons. The van der Waals surface area contributed by atoms with E-state index in [-0.39, 0.29) is 11.7 Å². The lowest BCUT2D eigenvalue weighted by Crippen LogP contribution is -2.26. The Kier molecular flexibility index (Phi) is 7.58. The molecule has 0 spiro atoms. The number of amides is 1. The second-order valence-corrected chi connectivity index (χ2v) is 8.48. The van der Waals surface area contributed by atoms with Crippen LogP contribution in [0.2, 0.25) is 0 Å². The van der Waals surface area contributed by atoms with Crippen LogP contribution >= 0.6 is 0 Å². The van der Waals surface area contributed by atoms with Crippen LogP contribution in [0, 0.1) is 19.7 Å². The molecule has 0 fully saturated rings. The molecule has 0 aliphatic carbocycles. The van der Waals surface area contributed by atoms with E-state index >= 15 is 0 Å². The van der Waals surface area contributed by atoms with Gasteiger partial charge in [-0.3, -0.25) is 4.79 Å². The molecular formula is C28H30FN3O2. The summed E-state index contributed by atoms with van der Waals surface area (Å²) in [5.41, 5.74) is 4.99. The zero-order valence-electron chi connectivity index (χ0n) is 19.7. The number of carbonyl (C=O) groups excluding carboxylic acids is 1. The Hall–Kier alpha value is -3.67. The number of imidazole rings is 1. The first-order valence-electron chi connectivity index (χ1n) is 11.7. The van der Waals surface area contributed by atoms with Gasteiger partial charge in [-0.05, 0) is 86.3 Å². The molecule has 0 aliphatic rings. The average molecular weight is 460 g/mol. The molecule has 0 bridgehead atoms. The minimum absolute atomic E-state index is 0.217. The number of halogens is 1. The zero-order valence-corrected chi connectivity index (χ0v) is 19.7. The molecule has 1 amide bonds. The first-order chi connectivity index (χ1) is 16.5. The van der Waals surface area contributed by atoms with Crippen LogP contribution in [0.3, 0.4) is 0 Å². The standard InChI is InChI=1S/C28H30FN3O2/c1-20-9-14-24(19-21(20)2)34-18-6-5-17-32-26-8-4-3-7-25(26)31-27(32)15-16-30-28(33)22-10-12-23(29)13-11-22/h3-4,7-14,19H,5-6,15-18H2,1-2H3,(H,30,33). The molecule has 176 valence electrons. The predicted octanol–water partition coefficient (Wildman–Crippen LogP) is 5.62. The molecule has 1 heterocycles. The lowest BCUT2D eigenvalue weighted by Gasteiger charge is -2.11. The van der Waals surface area contributed by atoms with E-state index < -0.39 is 0 Å². The Balaban J connectivity index is 1.32. The smallest absolute Gasteiger partial charge is 0.251 e. The fourth-order valence-electron chi connectivity index (χ4n) is 3.92. The van der Waals surface area contributed by atoms with Crippen molar-refractivity contribution in [2.45, 2.75) is 39.7 Å². The number of rotatable bonds is 10. The van der Waals surface area contributed by atoms with Gasteiger partial charge in [-0.25, -0.2) is 9.37 Å². The number of fused-ring (bicyclic) bond motifs is 1. The molecule has 0 saturated heterocycles. The van der Waals surface area contributed by atoms with Gasteiger partial charge in [0.1, 0.15) is 17.4 Å². The number of carbonyl (C=O) groups is 1. The van der Waals surface area contributed by atoms with Crippen molar-refractivity contribution in [2.75, 3.05) is 13.2 Å². The maximum atomic E-state index is 13.1. The van der Waals surface area contributed by atoms with Gasteiger partial charge in [-0.2, -0.15) is 0 Å². The van der Waals surface area contributed by atoms with Crippen molar-refractivity contribution in [1.82, 2.24) is 14.9 Å². The normalized spacial score (nSPS) is 11.0. The SMILES string of the molecule is Cc1ccc(OCCCCn2c(CCNC(=O)c3ccc(F)cc3)nc3ccccc32)cc1C. The molecule has 4 aromatic rings. The van der Waals surface area contributed by atoms with Crippen molar-refractivity contribution in [3.8, 4) is 5.75 Å². The molecular weight excluding hydrogens is 429 g/mol. The summed E-state index contributed by atoms with van der Waals surface area (Å²) in [5, 5.41) is 2.91. The van der Waals surface area contributed by atoms with Gasteiger partial charge in [0, 0.05) is 25.1 Å². The minimum atomic E-state index is -0.357. The Morgan fingerprint density at radius 1 is 1.00 bits per heavy atom. The molecule has 34 heavy (non-hydrogen) atoms. The summed E-state index contributed by atoms with van der Waals surface area (Å²) < 4.78 is 21.2. The number of para-hydroxylation sites is 2. The van der Waals surface area contributed by atoms with Gasteiger partial charge >= 0.3 is 0 Å². The number of hydrogen-bond donors (Lipinski definition) is 1. The first kappa shape index (κ1) is 23.5. The highest BCUT2D eigenvalue weighted by molar-refractivity contribution is 5.94. The fourth-order valence-corrected chi connectivity index (χ4v) is 3.92. The number of nitrogens with one attached hydrogen (secondary N) is 1. The molecule has 6 heteroatoms. The lowest BCUT2D eigenvalue weighted by molar-refractivity contribution is 0.0954. The monoisotopic (exact) mass is 459 g/mol. The largest absolute Gasteiger partial charge is 0.494 e. The van der Waals surface area contributed by atoms with Crippen molar-refractivity contribution >= 4 is 16.9 Å². The van der Waals surface area contributed by atoms with Crippen LogP contribution in [0.25, 0.3) is 11.0 Å². The third-order valence-corrected chi connectivity index (χ3v) is 6.00. The van der Waals surface area contributed by atoms with Crippen LogP contribution in [0.5, 0.6) is 5.75 Å². The Morgan fingerprint density at radius 2 is 1.79 bits per heavy atom. The van der Waals surface area contributed by atoms with Crippen molar-refractivity contribution < 1.29 is 13.9 Å². The van der Waals surface area contributed by atoms with E-state index in [1.807, 2.05) is 24.3 Å². The second-order valence-electron chi connectivity index (χ2n) is 8.48. The van der Waals surface area contributed by atoms with Crippen LogP contribution in [-0.2, 0) is 13.0 Å². The van der Waals surface area contributed by atoms with Crippen LogP contribution in [0.1, 0.15) is 40.2 Å². The van der Waals surface area contributed by atoms with Gasteiger partial charge < -0.3 is 14.6 Å². The fraction of sp³-hybridized carbons (Fsp3) is 0.286. The molecule has 1 N–H and O–H groups in total. The van der Waals surface area contributed by atoms with Crippen molar-refractivity contribution in [2.24, 2.45) is 0 Å². The van der Waals surface area contributed by atoms with E-state index in [0.29, 0.717) is 25.1 Å². The summed E-state index contributed by atoms with van der Waals surface area (Å²) in [6.45, 7) is 6.14. The van der Waals surface area contributed by atoms with E-state index in [9.17, 15) is 9.18 Å². The summed E-state index contributed by atoms with van der Waals surface area (Å²) in [6, 6.07) is 19.8. The number of benzene rings is 3. The van der Waals surface area contributed by atoms with Gasteiger partial charge in [-0.15, -0.1) is 0 Å². The predicted molar refractivity (Wildman–Crippen MR) is 133 cm³/mol. The second kappa shape index (κ2) is 11.0. The Labute approximate surface area is 199 Å². The first-order valence-corrected chi connectivity index (χ1v) is 11.7. The van der Waals surface area contributed by atoms with Crippen LogP contribution in [-0.4, -0.2) is 28.6 Å². The van der Waals surface area contributed by atoms with E-state index in [1.165, 1.54) is 35.4 Å². The van der Waals surface area contributed by atoms with Gasteiger partial charge in [-0.1, -0.05) is 18.2 Å². The number of ether oxygens (including phenoxy) is 1. The Bertz CT molecular complexity index is 1260. The molecule has 0 aliphatic heterocycles. The third kappa shape index (κ3) is 5.81. The van der Waals surface area contributed by atoms with Gasteiger partial charge in [0.15, 0.2) is 0 Å². The zero-order chi connectivity index (χ0) is 23.9. The van der Waals surface area contributed by atoms with Crippen LogP contribution in [0.4, 0.5) is 4.39 Å². The van der Waals surface area contributed by atoms with Gasteiger partial charge in [0.05, 0.1) is 17.6 Å². The molecule has 0 atom stereocenters. The molecule has 3 aromatic carbocycles. The van der Waals surface area contributed by atoms with Crippen LogP contribution < -0.4 is 10.1 Å². The van der Waals surface area contributed by atoms with Gasteiger partial charge in [0.2, 0.25) is 0 Å². The number of unbranched alkanes of at least 4 members (excludes halogenated alkanes) is 1. The minimum Gasteiger partial charge on any atom is -0.494 e. The van der Waals surface area contributed by atoms with Crippen LogP contribution in [0.15, 0.2) is 66.7 Å². The van der Waals surface area contributed by atoms with Gasteiger partial charge in [0.25, 0.3) is 5.91 Å². The quantitative estimate of drug-likeness (QED) is 0.313. The number of aromatic nitrogens is 2. The lowest BCUT2D eigenvalue weighted by atomic mass is 10.1. The maximum absolute atomic E-state index is 13.1. The van der Waals surface area contributed by atoms with E-state index in [4.69, 9.17) is 9.72 Å². The highest BCUT2D eigenvalue weighted by atomic mass is 19.1. The van der Waals surface area contributed by atoms with Crippen molar-refractivity contribution in [3.63, 3.8) is 0 Å². The summed E-state index contributed by atoms with van der Waals surface area (Å²) >= 11 is 0. The summed E-state index contributed by atoms with van der Waals surface area (Å²) in [4.78, 5) is 17.1. The number of nitrogens with zero attached hydrogens (tertiary/aromatic N) is 2. The summed E-state index contributed by atoms with van der Waals surface area (Å²) in [6.07, 6.45) is 2.50. The highest BCUT2D eigenvalue weighted by Crippen LogP contribution is 2.19.